The Labute approximate surface area is 651 Å². The number of carbonyl (C=O) groups is 4. The number of phosphoric acid groups is 2. The highest BCUT2D eigenvalue weighted by Crippen LogP contribution is 2.45. The lowest BCUT2D eigenvalue weighted by atomic mass is 10.0. The van der Waals surface area contributed by atoms with E-state index in [-0.39, 0.29) is 25.7 Å². The van der Waals surface area contributed by atoms with Crippen LogP contribution in [0.1, 0.15) is 453 Å². The maximum atomic E-state index is 13.2. The van der Waals surface area contributed by atoms with Crippen LogP contribution in [0.4, 0.5) is 0 Å². The van der Waals surface area contributed by atoms with E-state index in [9.17, 15) is 43.2 Å². The highest BCUT2D eigenvalue weighted by atomic mass is 31.2. The molecule has 0 heterocycles. The van der Waals surface area contributed by atoms with Crippen molar-refractivity contribution in [1.29, 1.82) is 0 Å². The van der Waals surface area contributed by atoms with E-state index in [1.165, 1.54) is 257 Å². The summed E-state index contributed by atoms with van der Waals surface area (Å²) in [7, 11) is -9.93. The van der Waals surface area contributed by atoms with E-state index >= 15 is 0 Å². The Morgan fingerprint density at radius 2 is 0.396 bits per heavy atom. The minimum atomic E-state index is -4.97. The topological polar surface area (TPSA) is 237 Å². The number of ether oxygens (including phenoxy) is 4. The fourth-order valence-corrected chi connectivity index (χ4v) is 15.1. The second-order valence-electron chi connectivity index (χ2n) is 33.2. The molecule has 0 aliphatic heterocycles. The smallest absolute Gasteiger partial charge is 0.462 e. The van der Waals surface area contributed by atoms with Gasteiger partial charge in [0.25, 0.3) is 0 Å². The molecule has 17 nitrogen and oxygen atoms in total. The van der Waals surface area contributed by atoms with Gasteiger partial charge in [0.05, 0.1) is 26.4 Å². The monoisotopic (exact) mass is 1550 g/mol. The predicted molar refractivity (Wildman–Crippen MR) is 437 cm³/mol. The lowest BCUT2D eigenvalue weighted by molar-refractivity contribution is -0.161. The largest absolute Gasteiger partial charge is 0.472 e. The van der Waals surface area contributed by atoms with Crippen molar-refractivity contribution < 1.29 is 80.2 Å². The van der Waals surface area contributed by atoms with E-state index in [0.29, 0.717) is 25.7 Å². The van der Waals surface area contributed by atoms with Crippen LogP contribution in [-0.2, 0) is 65.4 Å². The van der Waals surface area contributed by atoms with Crippen molar-refractivity contribution in [3.05, 3.63) is 0 Å². The summed E-state index contributed by atoms with van der Waals surface area (Å²) in [6.45, 7) is 14.4. The Hall–Kier alpha value is -1.94. The molecule has 19 heteroatoms. The second-order valence-corrected chi connectivity index (χ2v) is 36.1. The number of aliphatic hydroxyl groups is 1. The first-order valence-electron chi connectivity index (χ1n) is 44.7. The van der Waals surface area contributed by atoms with Gasteiger partial charge >= 0.3 is 39.5 Å². The van der Waals surface area contributed by atoms with Gasteiger partial charge in [0.15, 0.2) is 12.2 Å². The molecular formula is C87H170O17P2. The lowest BCUT2D eigenvalue weighted by Gasteiger charge is -2.21. The maximum absolute atomic E-state index is 13.2. The molecule has 0 saturated heterocycles. The van der Waals surface area contributed by atoms with E-state index in [1.807, 2.05) is 0 Å². The van der Waals surface area contributed by atoms with Crippen LogP contribution in [0, 0.1) is 23.7 Å². The molecule has 0 bridgehead atoms. The molecule has 0 fully saturated rings. The molecule has 0 aromatic heterocycles. The van der Waals surface area contributed by atoms with Crippen LogP contribution in [-0.4, -0.2) is 96.7 Å². The van der Waals surface area contributed by atoms with E-state index in [4.69, 9.17) is 37.0 Å². The highest BCUT2D eigenvalue weighted by molar-refractivity contribution is 7.47. The van der Waals surface area contributed by atoms with Gasteiger partial charge in [-0.05, 0) is 49.4 Å². The van der Waals surface area contributed by atoms with Gasteiger partial charge in [-0.1, -0.05) is 402 Å². The van der Waals surface area contributed by atoms with Gasteiger partial charge in [-0.15, -0.1) is 0 Å². The lowest BCUT2D eigenvalue weighted by Crippen LogP contribution is -2.30. The summed E-state index contributed by atoms with van der Waals surface area (Å²) in [4.78, 5) is 73.3. The van der Waals surface area contributed by atoms with Crippen molar-refractivity contribution in [3.8, 4) is 0 Å². The quantitative estimate of drug-likeness (QED) is 0.0222. The number of aliphatic hydroxyl groups excluding tert-OH is 1. The zero-order valence-electron chi connectivity index (χ0n) is 70.1. The van der Waals surface area contributed by atoms with Crippen molar-refractivity contribution >= 4 is 39.5 Å². The number of rotatable bonds is 84. The first-order chi connectivity index (χ1) is 51.1. The third kappa shape index (κ3) is 80.1. The molecule has 0 aromatic rings. The maximum Gasteiger partial charge on any atom is 0.472 e. The molecular weight excluding hydrogens is 1380 g/mol. The third-order valence-corrected chi connectivity index (χ3v) is 22.2. The summed E-state index contributed by atoms with van der Waals surface area (Å²) >= 11 is 0. The molecule has 3 N–H and O–H groups in total. The summed E-state index contributed by atoms with van der Waals surface area (Å²) in [6.07, 6.45) is 65.2. The van der Waals surface area contributed by atoms with Gasteiger partial charge in [-0.25, -0.2) is 9.13 Å². The van der Waals surface area contributed by atoms with Crippen molar-refractivity contribution in [2.24, 2.45) is 23.7 Å². The second kappa shape index (κ2) is 75.7. The average Bonchev–Trinajstić information content (AvgIpc) is 0.901. The predicted octanol–water partition coefficient (Wildman–Crippen LogP) is 26.3. The molecule has 0 aromatic carbocycles. The Bertz CT molecular complexity index is 2060. The number of carbonyl (C=O) groups excluding carboxylic acids is 4. The van der Waals surface area contributed by atoms with Gasteiger partial charge in [0, 0.05) is 25.7 Å². The molecule has 0 rings (SSSR count). The molecule has 0 radical (unpaired) electrons. The average molecular weight is 1550 g/mol. The van der Waals surface area contributed by atoms with Crippen molar-refractivity contribution in [3.63, 3.8) is 0 Å². The first-order valence-corrected chi connectivity index (χ1v) is 47.7. The van der Waals surface area contributed by atoms with E-state index in [2.05, 4.69) is 55.4 Å². The van der Waals surface area contributed by atoms with Crippen LogP contribution in [0.3, 0.4) is 0 Å². The first kappa shape index (κ1) is 104. The number of phosphoric ester groups is 2. The fourth-order valence-electron chi connectivity index (χ4n) is 13.5. The van der Waals surface area contributed by atoms with Crippen molar-refractivity contribution in [1.82, 2.24) is 0 Å². The normalized spacial score (nSPS) is 13.9. The standard InChI is InChI=1S/C87H170O17P2/c1-77(2)63-55-47-39-31-24-18-12-9-15-21-27-35-43-51-59-67-84(89)97-73-82(103-86(91)69-61-53-45-36-28-22-16-10-13-19-25-32-40-48-56-64-78(3)4)75-101-105(93,94)99-71-81(88)72-100-106(95,96)102-76-83(74-98-85(90)68-60-52-44-38-30-34-42-50-58-66-80(7)8)104-87(92)70-62-54-46-37-29-23-17-11-14-20-26-33-41-49-57-65-79(5)6/h77-83,88H,9-76H2,1-8H3,(H,93,94)(H,95,96)/t81-,82-,83-/m1/s1. The van der Waals surface area contributed by atoms with Crippen LogP contribution in [0.2, 0.25) is 0 Å². The van der Waals surface area contributed by atoms with Crippen molar-refractivity contribution in [2.75, 3.05) is 39.6 Å². The van der Waals surface area contributed by atoms with E-state index < -0.39 is 97.5 Å². The zero-order valence-corrected chi connectivity index (χ0v) is 71.9. The number of esters is 4. The summed E-state index contributed by atoms with van der Waals surface area (Å²) < 4.78 is 69.0. The molecule has 2 unspecified atom stereocenters. The van der Waals surface area contributed by atoms with Gasteiger partial charge in [0.2, 0.25) is 0 Å². The Balaban J connectivity index is 5.26. The molecule has 0 aliphatic carbocycles. The van der Waals surface area contributed by atoms with Crippen LogP contribution < -0.4 is 0 Å². The van der Waals surface area contributed by atoms with E-state index in [0.717, 1.165) is 114 Å². The minimum Gasteiger partial charge on any atom is -0.462 e. The molecule has 0 aliphatic rings. The number of hydrogen-bond donors (Lipinski definition) is 3. The molecule has 0 spiro atoms. The minimum absolute atomic E-state index is 0.107. The summed E-state index contributed by atoms with van der Waals surface area (Å²) in [5.74, 6) is 1.05. The number of hydrogen-bond acceptors (Lipinski definition) is 15. The number of unbranched alkanes of at least 4 members (excludes halogenated alkanes) is 50. The van der Waals surface area contributed by atoms with Gasteiger partial charge in [0.1, 0.15) is 19.3 Å². The molecule has 5 atom stereocenters. The summed E-state index contributed by atoms with van der Waals surface area (Å²) in [6, 6.07) is 0. The summed E-state index contributed by atoms with van der Waals surface area (Å²) in [5.41, 5.74) is 0. The third-order valence-electron chi connectivity index (χ3n) is 20.3. The SMILES string of the molecule is CC(C)CCCCCCCCCCCCCCCCCC(=O)OC[C@H](COP(=O)(O)OC[C@@H](O)COP(=O)(O)OC[C@@H](COC(=O)CCCCCCCCCCCC(C)C)OC(=O)CCCCCCCCCCCCCCCCCC(C)C)OC(=O)CCCCCCCCCCCCCCCCCC(C)C. The van der Waals surface area contributed by atoms with Crippen LogP contribution >= 0.6 is 15.6 Å². The molecule has 0 amide bonds. The molecule has 0 saturated carbocycles. The van der Waals surface area contributed by atoms with Crippen LogP contribution in [0.25, 0.3) is 0 Å². The zero-order chi connectivity index (χ0) is 78.1. The highest BCUT2D eigenvalue weighted by Gasteiger charge is 2.31. The molecule has 106 heavy (non-hydrogen) atoms. The van der Waals surface area contributed by atoms with Crippen molar-refractivity contribution in [2.45, 2.75) is 472 Å². The fraction of sp³-hybridized carbons (Fsp3) is 0.954. The van der Waals surface area contributed by atoms with E-state index in [1.54, 1.807) is 0 Å². The molecule has 630 valence electrons. The van der Waals surface area contributed by atoms with Gasteiger partial charge in [-0.3, -0.25) is 37.3 Å². The Kier molecular flexibility index (Phi) is 74.3. The van der Waals surface area contributed by atoms with Crippen LogP contribution in [0.15, 0.2) is 0 Å². The Morgan fingerprint density at radius 3 is 0.585 bits per heavy atom. The van der Waals surface area contributed by atoms with Crippen LogP contribution in [0.5, 0.6) is 0 Å². The Morgan fingerprint density at radius 1 is 0.236 bits per heavy atom. The summed E-state index contributed by atoms with van der Waals surface area (Å²) in [5, 5.41) is 10.7. The van der Waals surface area contributed by atoms with Gasteiger partial charge in [-0.2, -0.15) is 0 Å². The van der Waals surface area contributed by atoms with Gasteiger partial charge < -0.3 is 33.8 Å².